The van der Waals surface area contributed by atoms with Gasteiger partial charge in [0.25, 0.3) is 0 Å². The molecule has 1 fully saturated rings. The van der Waals surface area contributed by atoms with E-state index >= 15 is 0 Å². The number of nitrogens with one attached hydrogen (secondary N) is 1. The van der Waals surface area contributed by atoms with Gasteiger partial charge in [-0.25, -0.2) is 13.1 Å². The maximum atomic E-state index is 13.7. The van der Waals surface area contributed by atoms with E-state index in [-0.39, 0.29) is 12.0 Å². The highest BCUT2D eigenvalue weighted by Crippen LogP contribution is 2.24. The smallest absolute Gasteiger partial charge is 0.241 e. The second-order valence-corrected chi connectivity index (χ2v) is 12.0. The van der Waals surface area contributed by atoms with Crippen LogP contribution in [0.5, 0.6) is 0 Å². The highest BCUT2D eigenvalue weighted by Gasteiger charge is 2.31. The molecule has 0 saturated carbocycles. The highest BCUT2D eigenvalue weighted by atomic mass is 32.2. The quantitative estimate of drug-likeness (QED) is 0.496. The van der Waals surface area contributed by atoms with Gasteiger partial charge in [0, 0.05) is 45.3 Å². The van der Waals surface area contributed by atoms with Crippen LogP contribution >= 0.6 is 0 Å². The Morgan fingerprint density at radius 1 is 0.778 bits per heavy atom. The van der Waals surface area contributed by atoms with Gasteiger partial charge in [0.1, 0.15) is 0 Å². The van der Waals surface area contributed by atoms with Gasteiger partial charge < -0.3 is 0 Å². The van der Waals surface area contributed by atoms with Gasteiger partial charge in [0.05, 0.1) is 4.90 Å². The Kier molecular flexibility index (Phi) is 8.62. The highest BCUT2D eigenvalue weighted by molar-refractivity contribution is 7.89. The van der Waals surface area contributed by atoms with Crippen molar-refractivity contribution in [2.75, 3.05) is 26.2 Å². The summed E-state index contributed by atoms with van der Waals surface area (Å²) >= 11 is 0. The van der Waals surface area contributed by atoms with Gasteiger partial charge >= 0.3 is 0 Å². The number of aryl methyl sites for hydroxylation is 3. The van der Waals surface area contributed by atoms with E-state index in [1.54, 1.807) is 0 Å². The maximum Gasteiger partial charge on any atom is 0.241 e. The minimum atomic E-state index is -3.67. The van der Waals surface area contributed by atoms with Crippen LogP contribution in [0.4, 0.5) is 0 Å². The lowest BCUT2D eigenvalue weighted by Crippen LogP contribution is -2.53. The first kappa shape index (κ1) is 26.6. The van der Waals surface area contributed by atoms with Crippen LogP contribution in [-0.4, -0.2) is 50.4 Å². The van der Waals surface area contributed by atoms with E-state index in [0.717, 1.165) is 49.4 Å². The third kappa shape index (κ3) is 6.83. The number of benzene rings is 3. The summed E-state index contributed by atoms with van der Waals surface area (Å²) in [5.41, 5.74) is 5.19. The lowest BCUT2D eigenvalue weighted by Gasteiger charge is -2.38. The van der Waals surface area contributed by atoms with Crippen molar-refractivity contribution in [2.45, 2.75) is 51.7 Å². The number of rotatable bonds is 7. The average molecular weight is 506 g/mol. The van der Waals surface area contributed by atoms with E-state index in [9.17, 15) is 8.42 Å². The molecule has 0 unspecified atom stereocenters. The van der Waals surface area contributed by atoms with Crippen molar-refractivity contribution in [1.82, 2.24) is 14.5 Å². The van der Waals surface area contributed by atoms with E-state index in [2.05, 4.69) is 70.0 Å². The van der Waals surface area contributed by atoms with Crippen molar-refractivity contribution in [3.05, 3.63) is 101 Å². The van der Waals surface area contributed by atoms with Crippen LogP contribution < -0.4 is 4.72 Å². The predicted molar refractivity (Wildman–Crippen MR) is 147 cm³/mol. The Balaban J connectivity index is 1.60. The summed E-state index contributed by atoms with van der Waals surface area (Å²) in [5.74, 6) is 0.146. The SMILES string of the molecule is Cc1cc(C)c(S(=O)(=O)N[C@H]2CN(Cc3ccccc3)CCN(Cc3ccccc3)C[C@@H]2C)c(C)c1. The van der Waals surface area contributed by atoms with Crippen molar-refractivity contribution < 1.29 is 8.42 Å². The average Bonchev–Trinajstić information content (AvgIpc) is 2.81. The lowest BCUT2D eigenvalue weighted by molar-refractivity contribution is 0.119. The molecule has 0 aliphatic carbocycles. The summed E-state index contributed by atoms with van der Waals surface area (Å²) in [4.78, 5) is 5.27. The molecule has 3 aromatic rings. The zero-order valence-corrected chi connectivity index (χ0v) is 22.8. The molecule has 192 valence electrons. The van der Waals surface area contributed by atoms with Crippen LogP contribution in [0.25, 0.3) is 0 Å². The molecule has 1 heterocycles. The normalized spacial score (nSPS) is 20.1. The first-order valence-electron chi connectivity index (χ1n) is 12.8. The molecule has 1 saturated heterocycles. The van der Waals surface area contributed by atoms with Crippen molar-refractivity contribution >= 4 is 10.0 Å². The molecule has 0 aromatic heterocycles. The Hall–Kier alpha value is -2.51. The summed E-state index contributed by atoms with van der Waals surface area (Å²) in [6.45, 7) is 13.0. The van der Waals surface area contributed by atoms with Crippen LogP contribution in [0.15, 0.2) is 77.7 Å². The van der Waals surface area contributed by atoms with Crippen LogP contribution in [0.2, 0.25) is 0 Å². The molecule has 0 amide bonds. The minimum Gasteiger partial charge on any atom is -0.297 e. The summed E-state index contributed by atoms with van der Waals surface area (Å²) in [5, 5.41) is 0. The summed E-state index contributed by atoms with van der Waals surface area (Å²) in [7, 11) is -3.67. The monoisotopic (exact) mass is 505 g/mol. The molecule has 0 bridgehead atoms. The summed E-state index contributed by atoms with van der Waals surface area (Å²) in [6, 6.07) is 24.7. The molecule has 6 heteroatoms. The first-order valence-corrected chi connectivity index (χ1v) is 14.3. The maximum absolute atomic E-state index is 13.7. The molecule has 2 atom stereocenters. The fourth-order valence-electron chi connectivity index (χ4n) is 5.43. The van der Waals surface area contributed by atoms with E-state index < -0.39 is 10.0 Å². The fraction of sp³-hybridized carbons (Fsp3) is 0.400. The van der Waals surface area contributed by atoms with Gasteiger partial charge in [-0.15, -0.1) is 0 Å². The van der Waals surface area contributed by atoms with Gasteiger partial charge in [-0.3, -0.25) is 9.80 Å². The fourth-order valence-corrected chi connectivity index (χ4v) is 7.22. The number of nitrogens with zero attached hydrogens (tertiary/aromatic N) is 2. The number of hydrogen-bond donors (Lipinski definition) is 1. The van der Waals surface area contributed by atoms with Crippen molar-refractivity contribution in [3.63, 3.8) is 0 Å². The van der Waals surface area contributed by atoms with Gasteiger partial charge in [0.15, 0.2) is 0 Å². The largest absolute Gasteiger partial charge is 0.297 e. The molecular weight excluding hydrogens is 466 g/mol. The standard InChI is InChI=1S/C30H39N3O2S/c1-23-17-24(2)30(25(3)18-23)36(34,35)31-29-22-33(21-28-13-9-6-10-14-28)16-15-32(19-26(29)4)20-27-11-7-5-8-12-27/h5-14,17-18,26,29,31H,15-16,19-22H2,1-4H3/t26-,29-/m0/s1. The van der Waals surface area contributed by atoms with Crippen LogP contribution in [0, 0.1) is 26.7 Å². The summed E-state index contributed by atoms with van der Waals surface area (Å²) < 4.78 is 30.5. The zero-order valence-electron chi connectivity index (χ0n) is 21.9. The Labute approximate surface area is 217 Å². The van der Waals surface area contributed by atoms with E-state index in [1.807, 2.05) is 45.0 Å². The second-order valence-electron chi connectivity index (χ2n) is 10.4. The molecule has 1 aliphatic heterocycles. The topological polar surface area (TPSA) is 52.7 Å². The Morgan fingerprint density at radius 3 is 1.75 bits per heavy atom. The van der Waals surface area contributed by atoms with Crippen molar-refractivity contribution in [3.8, 4) is 0 Å². The Morgan fingerprint density at radius 2 is 1.25 bits per heavy atom. The number of sulfonamides is 1. The lowest BCUT2D eigenvalue weighted by atomic mass is 9.99. The summed E-state index contributed by atoms with van der Waals surface area (Å²) in [6.07, 6.45) is 0. The third-order valence-electron chi connectivity index (χ3n) is 7.10. The van der Waals surface area contributed by atoms with Crippen LogP contribution in [0.3, 0.4) is 0 Å². The second kappa shape index (κ2) is 11.7. The van der Waals surface area contributed by atoms with Crippen LogP contribution in [-0.2, 0) is 23.1 Å². The third-order valence-corrected chi connectivity index (χ3v) is 8.89. The minimum absolute atomic E-state index is 0.146. The van der Waals surface area contributed by atoms with Gasteiger partial charge in [-0.2, -0.15) is 0 Å². The van der Waals surface area contributed by atoms with E-state index in [4.69, 9.17) is 0 Å². The first-order chi connectivity index (χ1) is 17.2. The predicted octanol–water partition coefficient (Wildman–Crippen LogP) is 4.91. The van der Waals surface area contributed by atoms with E-state index in [1.165, 1.54) is 11.1 Å². The van der Waals surface area contributed by atoms with Gasteiger partial charge in [-0.1, -0.05) is 85.3 Å². The van der Waals surface area contributed by atoms with Crippen molar-refractivity contribution in [2.24, 2.45) is 5.92 Å². The van der Waals surface area contributed by atoms with Gasteiger partial charge in [0.2, 0.25) is 10.0 Å². The molecule has 0 radical (unpaired) electrons. The molecule has 1 N–H and O–H groups in total. The number of hydrogen-bond acceptors (Lipinski definition) is 4. The van der Waals surface area contributed by atoms with Gasteiger partial charge in [-0.05, 0) is 48.9 Å². The zero-order chi connectivity index (χ0) is 25.7. The molecule has 5 nitrogen and oxygen atoms in total. The van der Waals surface area contributed by atoms with Crippen molar-refractivity contribution in [1.29, 1.82) is 0 Å². The van der Waals surface area contributed by atoms with Crippen LogP contribution in [0.1, 0.15) is 34.7 Å². The molecule has 0 spiro atoms. The molecule has 1 aliphatic rings. The van der Waals surface area contributed by atoms with E-state index in [0.29, 0.717) is 11.4 Å². The molecule has 36 heavy (non-hydrogen) atoms. The molecule has 3 aromatic carbocycles. The molecule has 4 rings (SSSR count). The molecular formula is C30H39N3O2S. The Bertz CT molecular complexity index is 1220.